The number of hydrogen-bond acceptors (Lipinski definition) is 3. The van der Waals surface area contributed by atoms with Crippen molar-refractivity contribution in [2.24, 2.45) is 0 Å². The van der Waals surface area contributed by atoms with Gasteiger partial charge in [0, 0.05) is 23.7 Å². The molecule has 4 nitrogen and oxygen atoms in total. The molecule has 0 heterocycles. The molecule has 0 saturated heterocycles. The van der Waals surface area contributed by atoms with E-state index in [1.165, 1.54) is 31.2 Å². The van der Waals surface area contributed by atoms with Gasteiger partial charge in [0.05, 0.1) is 10.6 Å². The molecule has 0 spiro atoms. The monoisotopic (exact) mass is 355 g/mol. The minimum absolute atomic E-state index is 0.141. The van der Waals surface area contributed by atoms with Crippen LogP contribution in [0.3, 0.4) is 0 Å². The molecule has 0 fully saturated rings. The van der Waals surface area contributed by atoms with Crippen LogP contribution in [0.15, 0.2) is 36.4 Å². The van der Waals surface area contributed by atoms with Crippen LogP contribution in [0.2, 0.25) is 10.0 Å². The lowest BCUT2D eigenvalue weighted by Crippen LogP contribution is -2.14. The summed E-state index contributed by atoms with van der Waals surface area (Å²) in [6.07, 6.45) is 0. The van der Waals surface area contributed by atoms with E-state index < -0.39 is 18.2 Å². The van der Waals surface area contributed by atoms with Crippen LogP contribution in [0.25, 0.3) is 0 Å². The lowest BCUT2D eigenvalue weighted by Gasteiger charge is -2.09. The van der Waals surface area contributed by atoms with E-state index in [0.717, 1.165) is 6.07 Å². The van der Waals surface area contributed by atoms with E-state index >= 15 is 0 Å². The molecule has 1 amide bonds. The van der Waals surface area contributed by atoms with Crippen molar-refractivity contribution in [2.75, 3.05) is 11.9 Å². The Bertz CT molecular complexity index is 765. The first-order valence-electron chi connectivity index (χ1n) is 6.55. The number of ether oxygens (including phenoxy) is 1. The molecule has 0 aromatic heterocycles. The van der Waals surface area contributed by atoms with E-state index in [4.69, 9.17) is 27.9 Å². The maximum Gasteiger partial charge on any atom is 0.221 e. The summed E-state index contributed by atoms with van der Waals surface area (Å²) >= 11 is 11.7. The second-order valence-electron chi connectivity index (χ2n) is 4.66. The lowest BCUT2D eigenvalue weighted by molar-refractivity contribution is -0.114. The van der Waals surface area contributed by atoms with Crippen LogP contribution >= 0.6 is 23.2 Å². The average molecular weight is 356 g/mol. The number of Topliss-reactive ketones (excluding diaryl/α,β-unsaturated/α-hetero) is 1. The van der Waals surface area contributed by atoms with Crippen molar-refractivity contribution in [3.8, 4) is 5.75 Å². The third kappa shape index (κ3) is 4.68. The van der Waals surface area contributed by atoms with Crippen LogP contribution in [-0.4, -0.2) is 18.3 Å². The van der Waals surface area contributed by atoms with Crippen molar-refractivity contribution in [3.63, 3.8) is 0 Å². The molecule has 0 aliphatic heterocycles. The Kier molecular flexibility index (Phi) is 5.58. The Morgan fingerprint density at radius 3 is 2.57 bits per heavy atom. The van der Waals surface area contributed by atoms with E-state index in [9.17, 15) is 14.0 Å². The van der Waals surface area contributed by atoms with Gasteiger partial charge in [-0.15, -0.1) is 0 Å². The number of hydrogen-bond donors (Lipinski definition) is 1. The Hall–Kier alpha value is -2.11. The zero-order valence-corrected chi connectivity index (χ0v) is 13.5. The highest BCUT2D eigenvalue weighted by atomic mass is 35.5. The first kappa shape index (κ1) is 17.2. The molecule has 0 bridgehead atoms. The Morgan fingerprint density at radius 1 is 1.17 bits per heavy atom. The summed E-state index contributed by atoms with van der Waals surface area (Å²) in [5.41, 5.74) is 0.127. The quantitative estimate of drug-likeness (QED) is 0.811. The highest BCUT2D eigenvalue weighted by Gasteiger charge is 2.14. The lowest BCUT2D eigenvalue weighted by atomic mass is 10.1. The fraction of sp³-hybridized carbons (Fsp3) is 0.125. The zero-order chi connectivity index (χ0) is 17.0. The fourth-order valence-corrected chi connectivity index (χ4v) is 2.17. The van der Waals surface area contributed by atoms with Crippen molar-refractivity contribution in [2.45, 2.75) is 6.92 Å². The molecule has 2 rings (SSSR count). The normalized spacial score (nSPS) is 10.3. The number of anilines is 1. The number of halogens is 3. The van der Waals surface area contributed by atoms with Gasteiger partial charge >= 0.3 is 0 Å². The van der Waals surface area contributed by atoms with E-state index in [1.54, 1.807) is 6.07 Å². The Balaban J connectivity index is 2.08. The van der Waals surface area contributed by atoms with Gasteiger partial charge in [-0.2, -0.15) is 0 Å². The molecule has 0 radical (unpaired) electrons. The van der Waals surface area contributed by atoms with Crippen molar-refractivity contribution in [1.82, 2.24) is 0 Å². The van der Waals surface area contributed by atoms with Gasteiger partial charge < -0.3 is 10.1 Å². The molecule has 2 aromatic carbocycles. The predicted molar refractivity (Wildman–Crippen MR) is 87.0 cm³/mol. The largest absolute Gasteiger partial charge is 0.484 e. The van der Waals surface area contributed by atoms with Crippen molar-refractivity contribution in [3.05, 3.63) is 57.8 Å². The van der Waals surface area contributed by atoms with Gasteiger partial charge in [0.15, 0.2) is 6.61 Å². The number of ketones is 1. The van der Waals surface area contributed by atoms with Crippen molar-refractivity contribution >= 4 is 40.6 Å². The van der Waals surface area contributed by atoms with Crippen LogP contribution in [0.5, 0.6) is 5.75 Å². The minimum Gasteiger partial charge on any atom is -0.484 e. The summed E-state index contributed by atoms with van der Waals surface area (Å²) in [5.74, 6) is -1.40. The van der Waals surface area contributed by atoms with Gasteiger partial charge in [0.1, 0.15) is 11.6 Å². The predicted octanol–water partition coefficient (Wildman–Crippen LogP) is 4.35. The molecule has 7 heteroatoms. The van der Waals surface area contributed by atoms with Gasteiger partial charge in [0.2, 0.25) is 11.7 Å². The number of benzene rings is 2. The smallest absolute Gasteiger partial charge is 0.221 e. The number of amides is 1. The first-order chi connectivity index (χ1) is 10.9. The van der Waals surface area contributed by atoms with E-state index in [0.29, 0.717) is 10.0 Å². The van der Waals surface area contributed by atoms with Gasteiger partial charge in [-0.1, -0.05) is 23.2 Å². The van der Waals surface area contributed by atoms with Gasteiger partial charge in [0.25, 0.3) is 0 Å². The molecule has 0 unspecified atom stereocenters. The molecule has 1 N–H and O–H groups in total. The molecule has 0 saturated carbocycles. The summed E-state index contributed by atoms with van der Waals surface area (Å²) < 4.78 is 19.2. The summed E-state index contributed by atoms with van der Waals surface area (Å²) in [6.45, 7) is 0.913. The second-order valence-corrected chi connectivity index (χ2v) is 5.51. The van der Waals surface area contributed by atoms with Crippen LogP contribution < -0.4 is 10.1 Å². The first-order valence-corrected chi connectivity index (χ1v) is 7.30. The molecule has 120 valence electrons. The number of carbonyl (C=O) groups excluding carboxylic acids is 2. The van der Waals surface area contributed by atoms with Gasteiger partial charge in [-0.05, 0) is 30.3 Å². The summed E-state index contributed by atoms with van der Waals surface area (Å²) in [5, 5.41) is 3.13. The Labute approximate surface area is 142 Å². The number of carbonyl (C=O) groups is 2. The topological polar surface area (TPSA) is 55.4 Å². The van der Waals surface area contributed by atoms with Gasteiger partial charge in [-0.3, -0.25) is 9.59 Å². The maximum absolute atomic E-state index is 13.9. The molecule has 0 atom stereocenters. The summed E-state index contributed by atoms with van der Waals surface area (Å²) in [6, 6.07) is 8.37. The summed E-state index contributed by atoms with van der Waals surface area (Å²) in [7, 11) is 0. The second kappa shape index (κ2) is 7.44. The van der Waals surface area contributed by atoms with Crippen molar-refractivity contribution in [1.29, 1.82) is 0 Å². The average Bonchev–Trinajstić information content (AvgIpc) is 2.47. The highest BCUT2D eigenvalue weighted by Crippen LogP contribution is 2.28. The zero-order valence-electron chi connectivity index (χ0n) is 12.0. The SMILES string of the molecule is CC(=O)Nc1ccc(C(=O)COc2cc(Cl)ccc2Cl)c(F)c1. The number of nitrogens with one attached hydrogen (secondary N) is 1. The van der Waals surface area contributed by atoms with Crippen molar-refractivity contribution < 1.29 is 18.7 Å². The maximum atomic E-state index is 13.9. The van der Waals surface area contributed by atoms with E-state index in [2.05, 4.69) is 5.32 Å². The molecule has 2 aromatic rings. The fourth-order valence-electron chi connectivity index (χ4n) is 1.83. The van der Waals surface area contributed by atoms with Gasteiger partial charge in [-0.25, -0.2) is 4.39 Å². The molecule has 0 aliphatic carbocycles. The molecular formula is C16H12Cl2FNO3. The van der Waals surface area contributed by atoms with E-state index in [-0.39, 0.29) is 22.9 Å². The van der Waals surface area contributed by atoms with E-state index in [1.807, 2.05) is 0 Å². The number of rotatable bonds is 5. The minimum atomic E-state index is -0.748. The van der Waals surface area contributed by atoms with Crippen LogP contribution in [-0.2, 0) is 4.79 Å². The van der Waals surface area contributed by atoms with Crippen LogP contribution in [0.1, 0.15) is 17.3 Å². The Morgan fingerprint density at radius 2 is 1.91 bits per heavy atom. The third-order valence-corrected chi connectivity index (χ3v) is 3.39. The molecular weight excluding hydrogens is 344 g/mol. The third-order valence-electron chi connectivity index (χ3n) is 2.84. The molecule has 23 heavy (non-hydrogen) atoms. The summed E-state index contributed by atoms with van der Waals surface area (Å²) in [4.78, 5) is 23.0. The standard InChI is InChI=1S/C16H12Cl2FNO3/c1-9(21)20-11-3-4-12(14(19)7-11)15(22)8-23-16-6-10(17)2-5-13(16)18/h2-7H,8H2,1H3,(H,20,21). The van der Waals surface area contributed by atoms with Crippen LogP contribution in [0.4, 0.5) is 10.1 Å². The molecule has 0 aliphatic rings. The highest BCUT2D eigenvalue weighted by molar-refractivity contribution is 6.34. The van der Waals surface area contributed by atoms with Crippen LogP contribution in [0, 0.1) is 5.82 Å².